The fraction of sp³-hybridized carbons (Fsp3) is 0.308. The zero-order valence-electron chi connectivity index (χ0n) is 10.7. The molecule has 106 valence electrons. The number of nitrogens with zero attached hydrogens (tertiary/aromatic N) is 1. The number of carboxylic acids is 1. The Kier molecular flexibility index (Phi) is 4.08. The van der Waals surface area contributed by atoms with E-state index in [1.54, 1.807) is 13.0 Å². The topological polar surface area (TPSA) is 86.7 Å². The first-order valence-corrected chi connectivity index (χ1v) is 6.82. The van der Waals surface area contributed by atoms with Gasteiger partial charge in [0.2, 0.25) is 5.91 Å². The van der Waals surface area contributed by atoms with Crippen molar-refractivity contribution in [2.45, 2.75) is 13.0 Å². The number of piperazine rings is 1. The molecule has 6 nitrogen and oxygen atoms in total. The molecule has 1 aliphatic heterocycles. The van der Waals surface area contributed by atoms with Crippen molar-refractivity contribution >= 4 is 33.7 Å². The summed E-state index contributed by atoms with van der Waals surface area (Å²) in [7, 11) is 0. The average molecular weight is 341 g/mol. The summed E-state index contributed by atoms with van der Waals surface area (Å²) in [5.74, 6) is -1.67. The van der Waals surface area contributed by atoms with Crippen LogP contribution in [0, 0.1) is 0 Å². The lowest BCUT2D eigenvalue weighted by Gasteiger charge is -2.32. The molecule has 1 fully saturated rings. The van der Waals surface area contributed by atoms with Crippen LogP contribution in [0.3, 0.4) is 0 Å². The van der Waals surface area contributed by atoms with Gasteiger partial charge in [-0.2, -0.15) is 0 Å². The fourth-order valence-electron chi connectivity index (χ4n) is 2.06. The standard InChI is InChI=1S/C13H13BrN2O4/c1-7-11(17)15-2-3-16(7)12(18)8-4-9(13(19)20)6-10(14)5-8/h4-7H,2-3H2,1H3,(H,15,17)(H,19,20). The molecule has 0 aliphatic carbocycles. The number of rotatable bonds is 2. The van der Waals surface area contributed by atoms with Crippen LogP contribution in [0.5, 0.6) is 0 Å². The number of carbonyl (C=O) groups excluding carboxylic acids is 2. The molecule has 0 spiro atoms. The van der Waals surface area contributed by atoms with Crippen molar-refractivity contribution in [2.75, 3.05) is 13.1 Å². The Balaban J connectivity index is 2.33. The minimum absolute atomic E-state index is 0.0249. The number of nitrogens with one attached hydrogen (secondary N) is 1. The van der Waals surface area contributed by atoms with Gasteiger partial charge in [-0.25, -0.2) is 4.79 Å². The third-order valence-corrected chi connectivity index (χ3v) is 3.61. The molecule has 1 aromatic carbocycles. The van der Waals surface area contributed by atoms with E-state index in [1.165, 1.54) is 17.0 Å². The van der Waals surface area contributed by atoms with Gasteiger partial charge < -0.3 is 15.3 Å². The third kappa shape index (κ3) is 2.82. The summed E-state index contributed by atoms with van der Waals surface area (Å²) in [6.07, 6.45) is 0. The molecular formula is C13H13BrN2O4. The molecule has 1 unspecified atom stereocenters. The smallest absolute Gasteiger partial charge is 0.335 e. The molecule has 20 heavy (non-hydrogen) atoms. The molecule has 2 N–H and O–H groups in total. The van der Waals surface area contributed by atoms with E-state index >= 15 is 0 Å². The number of halogens is 1. The zero-order valence-corrected chi connectivity index (χ0v) is 12.3. The highest BCUT2D eigenvalue weighted by Crippen LogP contribution is 2.19. The lowest BCUT2D eigenvalue weighted by Crippen LogP contribution is -2.55. The number of amides is 2. The van der Waals surface area contributed by atoms with Crippen molar-refractivity contribution < 1.29 is 19.5 Å². The van der Waals surface area contributed by atoms with Gasteiger partial charge in [0.1, 0.15) is 6.04 Å². The summed E-state index contributed by atoms with van der Waals surface area (Å²) in [6, 6.07) is 3.72. The first-order valence-electron chi connectivity index (χ1n) is 6.02. The highest BCUT2D eigenvalue weighted by molar-refractivity contribution is 9.10. The maximum absolute atomic E-state index is 12.4. The monoisotopic (exact) mass is 340 g/mol. The molecule has 7 heteroatoms. The van der Waals surface area contributed by atoms with Gasteiger partial charge in [-0.1, -0.05) is 15.9 Å². The van der Waals surface area contributed by atoms with Gasteiger partial charge in [-0.15, -0.1) is 0 Å². The van der Waals surface area contributed by atoms with Crippen molar-refractivity contribution in [2.24, 2.45) is 0 Å². The second-order valence-electron chi connectivity index (χ2n) is 4.50. The minimum atomic E-state index is -1.11. The van der Waals surface area contributed by atoms with E-state index in [1.807, 2.05) is 0 Å². The van der Waals surface area contributed by atoms with Crippen molar-refractivity contribution in [1.82, 2.24) is 10.2 Å². The molecule has 0 bridgehead atoms. The summed E-state index contributed by atoms with van der Waals surface area (Å²) < 4.78 is 0.509. The van der Waals surface area contributed by atoms with Gasteiger partial charge >= 0.3 is 5.97 Å². The molecule has 1 heterocycles. The fourth-order valence-corrected chi connectivity index (χ4v) is 2.56. The molecule has 0 saturated carbocycles. The first-order chi connectivity index (χ1) is 9.40. The normalized spacial score (nSPS) is 18.6. The molecular weight excluding hydrogens is 328 g/mol. The number of benzene rings is 1. The predicted molar refractivity (Wildman–Crippen MR) is 74.6 cm³/mol. The van der Waals surface area contributed by atoms with Crippen LogP contribution in [0.4, 0.5) is 0 Å². The van der Waals surface area contributed by atoms with E-state index in [9.17, 15) is 14.4 Å². The maximum atomic E-state index is 12.4. The lowest BCUT2D eigenvalue weighted by molar-refractivity contribution is -0.127. The van der Waals surface area contributed by atoms with Crippen LogP contribution in [0.1, 0.15) is 27.6 Å². The minimum Gasteiger partial charge on any atom is -0.478 e. The molecule has 1 aliphatic rings. The quantitative estimate of drug-likeness (QED) is 0.844. The van der Waals surface area contributed by atoms with Crippen LogP contribution in [0.2, 0.25) is 0 Å². The molecule has 2 amide bonds. The molecule has 1 aromatic rings. The summed E-state index contributed by atoms with van der Waals surface area (Å²) in [6.45, 7) is 2.44. The van der Waals surface area contributed by atoms with E-state index in [4.69, 9.17) is 5.11 Å². The Morgan fingerprint density at radius 2 is 2.00 bits per heavy atom. The summed E-state index contributed by atoms with van der Waals surface area (Å²) in [4.78, 5) is 36.4. The summed E-state index contributed by atoms with van der Waals surface area (Å²) >= 11 is 3.19. The van der Waals surface area contributed by atoms with Crippen molar-refractivity contribution in [3.05, 3.63) is 33.8 Å². The average Bonchev–Trinajstić information content (AvgIpc) is 2.40. The molecule has 0 aromatic heterocycles. The number of carbonyl (C=O) groups is 3. The van der Waals surface area contributed by atoms with E-state index in [-0.39, 0.29) is 22.9 Å². The van der Waals surface area contributed by atoms with Crippen LogP contribution in [0.25, 0.3) is 0 Å². The molecule has 1 saturated heterocycles. The molecule has 2 rings (SSSR count). The zero-order chi connectivity index (χ0) is 14.9. The first kappa shape index (κ1) is 14.5. The van der Waals surface area contributed by atoms with Crippen molar-refractivity contribution in [3.63, 3.8) is 0 Å². The third-order valence-electron chi connectivity index (χ3n) is 3.15. The lowest BCUT2D eigenvalue weighted by atomic mass is 10.1. The number of hydrogen-bond donors (Lipinski definition) is 2. The van der Waals surface area contributed by atoms with Gasteiger partial charge in [0.25, 0.3) is 5.91 Å². The summed E-state index contributed by atoms with van der Waals surface area (Å²) in [5.41, 5.74) is 0.273. The van der Waals surface area contributed by atoms with E-state index < -0.39 is 12.0 Å². The van der Waals surface area contributed by atoms with Crippen LogP contribution in [-0.2, 0) is 4.79 Å². The SMILES string of the molecule is CC1C(=O)NCCN1C(=O)c1cc(Br)cc(C(=O)O)c1. The van der Waals surface area contributed by atoms with Gasteiger partial charge in [0.05, 0.1) is 5.56 Å². The predicted octanol–water partition coefficient (Wildman–Crippen LogP) is 1.11. The Morgan fingerprint density at radius 1 is 1.35 bits per heavy atom. The molecule has 0 radical (unpaired) electrons. The number of hydrogen-bond acceptors (Lipinski definition) is 3. The van der Waals surface area contributed by atoms with Crippen LogP contribution in [-0.4, -0.2) is 46.9 Å². The van der Waals surface area contributed by atoms with E-state index in [0.717, 1.165) is 0 Å². The van der Waals surface area contributed by atoms with E-state index in [0.29, 0.717) is 17.6 Å². The number of aromatic carboxylic acids is 1. The Morgan fingerprint density at radius 3 is 2.65 bits per heavy atom. The molecule has 1 atom stereocenters. The van der Waals surface area contributed by atoms with Gasteiger partial charge in [-0.3, -0.25) is 9.59 Å². The second-order valence-corrected chi connectivity index (χ2v) is 5.41. The Labute approximate surface area is 123 Å². The highest BCUT2D eigenvalue weighted by atomic mass is 79.9. The largest absolute Gasteiger partial charge is 0.478 e. The Bertz CT molecular complexity index is 588. The van der Waals surface area contributed by atoms with Gasteiger partial charge in [0.15, 0.2) is 0 Å². The van der Waals surface area contributed by atoms with E-state index in [2.05, 4.69) is 21.2 Å². The van der Waals surface area contributed by atoms with Crippen LogP contribution in [0.15, 0.2) is 22.7 Å². The number of carboxylic acid groups (broad SMARTS) is 1. The van der Waals surface area contributed by atoms with Gasteiger partial charge in [0, 0.05) is 23.1 Å². The second kappa shape index (κ2) is 5.62. The summed E-state index contributed by atoms with van der Waals surface area (Å²) in [5, 5.41) is 11.7. The van der Waals surface area contributed by atoms with Gasteiger partial charge in [-0.05, 0) is 25.1 Å². The van der Waals surface area contributed by atoms with Crippen molar-refractivity contribution in [3.8, 4) is 0 Å². The van der Waals surface area contributed by atoms with Crippen molar-refractivity contribution in [1.29, 1.82) is 0 Å². The maximum Gasteiger partial charge on any atom is 0.335 e. The Hall–Kier alpha value is -1.89. The highest BCUT2D eigenvalue weighted by Gasteiger charge is 2.30. The van der Waals surface area contributed by atoms with Crippen LogP contribution >= 0.6 is 15.9 Å². The van der Waals surface area contributed by atoms with Crippen LogP contribution < -0.4 is 5.32 Å².